The zero-order chi connectivity index (χ0) is 11.5. The second kappa shape index (κ2) is 4.16. The Morgan fingerprint density at radius 1 is 1.06 bits per heavy atom. The molecule has 0 aliphatic carbocycles. The quantitative estimate of drug-likeness (QED) is 0.721. The fraction of sp³-hybridized carbons (Fsp3) is 0.143. The summed E-state index contributed by atoms with van der Waals surface area (Å²) in [6, 6.07) is 13.8. The average Bonchev–Trinajstić information content (AvgIpc) is 2.27. The van der Waals surface area contributed by atoms with Crippen molar-refractivity contribution < 1.29 is 0 Å². The van der Waals surface area contributed by atoms with Crippen molar-refractivity contribution in [3.8, 4) is 17.2 Å². The predicted molar refractivity (Wildman–Crippen MR) is 63.9 cm³/mol. The zero-order valence-corrected chi connectivity index (χ0v) is 9.36. The van der Waals surface area contributed by atoms with Crippen LogP contribution in [0.25, 0.3) is 11.1 Å². The Morgan fingerprint density at radius 3 is 2.31 bits per heavy atom. The van der Waals surface area contributed by atoms with E-state index in [0.29, 0.717) is 5.56 Å². The van der Waals surface area contributed by atoms with E-state index in [1.165, 1.54) is 0 Å². The molecule has 0 saturated carbocycles. The van der Waals surface area contributed by atoms with E-state index in [4.69, 9.17) is 5.26 Å². The average molecular weight is 208 g/mol. The van der Waals surface area contributed by atoms with Gasteiger partial charge in [0, 0.05) is 11.4 Å². The highest BCUT2D eigenvalue weighted by atomic mass is 14.7. The SMILES string of the molecule is Cc1cc(-c2ccccc2C#N)cc(C)n1. The van der Waals surface area contributed by atoms with Crippen LogP contribution in [0.4, 0.5) is 0 Å². The normalized spacial score (nSPS) is 9.81. The van der Waals surface area contributed by atoms with Crippen LogP contribution in [0.3, 0.4) is 0 Å². The molecular weight excluding hydrogens is 196 g/mol. The number of nitriles is 1. The maximum absolute atomic E-state index is 9.05. The third-order valence-electron chi connectivity index (χ3n) is 2.44. The molecule has 2 rings (SSSR count). The highest BCUT2D eigenvalue weighted by molar-refractivity contribution is 5.70. The van der Waals surface area contributed by atoms with Gasteiger partial charge in [-0.05, 0) is 43.2 Å². The number of nitrogens with zero attached hydrogens (tertiary/aromatic N) is 2. The van der Waals surface area contributed by atoms with Gasteiger partial charge in [-0.1, -0.05) is 18.2 Å². The van der Waals surface area contributed by atoms with Crippen LogP contribution in [0.5, 0.6) is 0 Å². The lowest BCUT2D eigenvalue weighted by atomic mass is 10.00. The summed E-state index contributed by atoms with van der Waals surface area (Å²) >= 11 is 0. The van der Waals surface area contributed by atoms with E-state index < -0.39 is 0 Å². The molecule has 0 N–H and O–H groups in total. The molecule has 0 fully saturated rings. The van der Waals surface area contributed by atoms with Gasteiger partial charge >= 0.3 is 0 Å². The van der Waals surface area contributed by atoms with Gasteiger partial charge in [-0.3, -0.25) is 4.98 Å². The molecule has 0 amide bonds. The molecule has 0 aliphatic rings. The number of benzene rings is 1. The fourth-order valence-electron chi connectivity index (χ4n) is 1.82. The van der Waals surface area contributed by atoms with Gasteiger partial charge in [0.25, 0.3) is 0 Å². The van der Waals surface area contributed by atoms with Gasteiger partial charge in [0.2, 0.25) is 0 Å². The molecule has 2 heteroatoms. The highest BCUT2D eigenvalue weighted by Crippen LogP contribution is 2.24. The van der Waals surface area contributed by atoms with Gasteiger partial charge in [-0.15, -0.1) is 0 Å². The molecule has 1 aromatic carbocycles. The van der Waals surface area contributed by atoms with Gasteiger partial charge in [0.1, 0.15) is 0 Å². The van der Waals surface area contributed by atoms with Gasteiger partial charge < -0.3 is 0 Å². The van der Waals surface area contributed by atoms with Gasteiger partial charge in [0.15, 0.2) is 0 Å². The topological polar surface area (TPSA) is 36.7 Å². The first-order valence-corrected chi connectivity index (χ1v) is 5.15. The molecule has 0 unspecified atom stereocenters. The molecule has 16 heavy (non-hydrogen) atoms. The lowest BCUT2D eigenvalue weighted by molar-refractivity contribution is 1.12. The van der Waals surface area contributed by atoms with Crippen molar-refractivity contribution in [1.82, 2.24) is 4.98 Å². The van der Waals surface area contributed by atoms with Crippen molar-refractivity contribution in [1.29, 1.82) is 5.26 Å². The van der Waals surface area contributed by atoms with Crippen molar-refractivity contribution in [2.24, 2.45) is 0 Å². The highest BCUT2D eigenvalue weighted by Gasteiger charge is 2.05. The second-order valence-corrected chi connectivity index (χ2v) is 3.80. The molecule has 2 nitrogen and oxygen atoms in total. The number of rotatable bonds is 1. The van der Waals surface area contributed by atoms with Crippen molar-refractivity contribution in [3.63, 3.8) is 0 Å². The maximum Gasteiger partial charge on any atom is 0.0998 e. The molecule has 0 atom stereocenters. The van der Waals surface area contributed by atoms with E-state index in [-0.39, 0.29) is 0 Å². The summed E-state index contributed by atoms with van der Waals surface area (Å²) < 4.78 is 0. The predicted octanol–water partition coefficient (Wildman–Crippen LogP) is 3.24. The van der Waals surface area contributed by atoms with E-state index in [2.05, 4.69) is 11.1 Å². The molecule has 0 saturated heterocycles. The molecule has 0 spiro atoms. The van der Waals surface area contributed by atoms with Crippen molar-refractivity contribution >= 4 is 0 Å². The number of aromatic nitrogens is 1. The third kappa shape index (κ3) is 1.94. The van der Waals surface area contributed by atoms with E-state index >= 15 is 0 Å². The first kappa shape index (κ1) is 10.4. The van der Waals surface area contributed by atoms with E-state index in [1.807, 2.05) is 50.2 Å². The fourth-order valence-corrected chi connectivity index (χ4v) is 1.82. The lowest BCUT2D eigenvalue weighted by Gasteiger charge is -2.06. The Morgan fingerprint density at radius 2 is 1.69 bits per heavy atom. The van der Waals surface area contributed by atoms with Crippen LogP contribution < -0.4 is 0 Å². The van der Waals surface area contributed by atoms with Crippen LogP contribution in [0.15, 0.2) is 36.4 Å². The van der Waals surface area contributed by atoms with E-state index in [1.54, 1.807) is 0 Å². The van der Waals surface area contributed by atoms with Crippen molar-refractivity contribution in [2.45, 2.75) is 13.8 Å². The Hall–Kier alpha value is -2.14. The van der Waals surface area contributed by atoms with Gasteiger partial charge in [-0.25, -0.2) is 0 Å². The van der Waals surface area contributed by atoms with Crippen molar-refractivity contribution in [3.05, 3.63) is 53.3 Å². The zero-order valence-electron chi connectivity index (χ0n) is 9.36. The number of aryl methyl sites for hydroxylation is 2. The molecule has 2 aromatic rings. The minimum absolute atomic E-state index is 0.701. The van der Waals surface area contributed by atoms with Crippen LogP contribution in [-0.4, -0.2) is 4.98 Å². The standard InChI is InChI=1S/C14H12N2/c1-10-7-13(8-11(2)16-10)14-6-4-3-5-12(14)9-15/h3-8H,1-2H3. The largest absolute Gasteiger partial charge is 0.258 e. The number of hydrogen-bond acceptors (Lipinski definition) is 2. The van der Waals surface area contributed by atoms with Crippen LogP contribution in [0.1, 0.15) is 17.0 Å². The van der Waals surface area contributed by atoms with Crippen LogP contribution >= 0.6 is 0 Å². The summed E-state index contributed by atoms with van der Waals surface area (Å²) in [5.74, 6) is 0. The first-order chi connectivity index (χ1) is 7.70. The minimum atomic E-state index is 0.701. The maximum atomic E-state index is 9.05. The summed E-state index contributed by atoms with van der Waals surface area (Å²) in [4.78, 5) is 4.33. The second-order valence-electron chi connectivity index (χ2n) is 3.80. The minimum Gasteiger partial charge on any atom is -0.258 e. The summed E-state index contributed by atoms with van der Waals surface area (Å²) in [6.07, 6.45) is 0. The summed E-state index contributed by atoms with van der Waals surface area (Å²) in [5, 5.41) is 9.05. The molecule has 0 bridgehead atoms. The monoisotopic (exact) mass is 208 g/mol. The lowest BCUT2D eigenvalue weighted by Crippen LogP contribution is -1.90. The van der Waals surface area contributed by atoms with Crippen LogP contribution in [0, 0.1) is 25.2 Å². The van der Waals surface area contributed by atoms with E-state index in [0.717, 1.165) is 22.5 Å². The van der Waals surface area contributed by atoms with Crippen molar-refractivity contribution in [2.75, 3.05) is 0 Å². The van der Waals surface area contributed by atoms with E-state index in [9.17, 15) is 0 Å². The molecule has 0 aliphatic heterocycles. The molecule has 1 heterocycles. The van der Waals surface area contributed by atoms with Gasteiger partial charge in [0.05, 0.1) is 11.6 Å². The molecule has 1 aromatic heterocycles. The Kier molecular flexibility index (Phi) is 2.70. The first-order valence-electron chi connectivity index (χ1n) is 5.15. The summed E-state index contributed by atoms with van der Waals surface area (Å²) in [6.45, 7) is 3.93. The van der Waals surface area contributed by atoms with Crippen LogP contribution in [0.2, 0.25) is 0 Å². The number of hydrogen-bond donors (Lipinski definition) is 0. The molecule has 0 radical (unpaired) electrons. The Bertz CT molecular complexity index is 545. The smallest absolute Gasteiger partial charge is 0.0998 e. The Labute approximate surface area is 95.2 Å². The summed E-state index contributed by atoms with van der Waals surface area (Å²) in [5.41, 5.74) is 4.68. The van der Waals surface area contributed by atoms with Gasteiger partial charge in [-0.2, -0.15) is 5.26 Å². The Balaban J connectivity index is 2.63. The summed E-state index contributed by atoms with van der Waals surface area (Å²) in [7, 11) is 0. The van der Waals surface area contributed by atoms with Crippen LogP contribution in [-0.2, 0) is 0 Å². The third-order valence-corrected chi connectivity index (χ3v) is 2.44. The number of pyridine rings is 1. The molecular formula is C14H12N2. The molecule has 78 valence electrons.